The van der Waals surface area contributed by atoms with Gasteiger partial charge in [-0.1, -0.05) is 0 Å². The molecule has 132 valence electrons. The van der Waals surface area contributed by atoms with Gasteiger partial charge in [-0.3, -0.25) is 0 Å². The molecule has 0 radical (unpaired) electrons. The van der Waals surface area contributed by atoms with Gasteiger partial charge in [0, 0.05) is 0 Å². The zero-order valence-corrected chi connectivity index (χ0v) is 16.1. The fourth-order valence-electron chi connectivity index (χ4n) is 17.9. The van der Waals surface area contributed by atoms with Crippen LogP contribution in [0.4, 0.5) is 0 Å². The number of hydrogen-bond acceptors (Lipinski definition) is 2. The fourth-order valence-corrected chi connectivity index (χ4v) is 104. The molecule has 0 amide bonds. The molecule has 10 aliphatic heterocycles. The molecule has 4 atom stereocenters. The molecule has 0 N–H and O–H groups in total. The Morgan fingerprint density at radius 2 is 1.04 bits per heavy atom. The van der Waals surface area contributed by atoms with Gasteiger partial charge in [-0.05, 0) is 0 Å². The Morgan fingerprint density at radius 3 is 1.35 bits per heavy atom. The summed E-state index contributed by atoms with van der Waals surface area (Å²) >= 11 is 0. The van der Waals surface area contributed by atoms with Crippen molar-refractivity contribution in [3.8, 4) is 11.5 Å². The van der Waals surface area contributed by atoms with Crippen molar-refractivity contribution in [3.05, 3.63) is 60.7 Å². The summed E-state index contributed by atoms with van der Waals surface area (Å²) in [6.07, 6.45) is 0. The van der Waals surface area contributed by atoms with E-state index in [1.54, 1.807) is 0 Å². The van der Waals surface area contributed by atoms with Crippen LogP contribution in [0.15, 0.2) is 60.7 Å². The first-order valence-electron chi connectivity index (χ1n) is 10.1. The summed E-state index contributed by atoms with van der Waals surface area (Å²) in [5.74, 6) is 2.07. The first-order chi connectivity index (χ1) is 12.6. The average molecular weight is 402 g/mol. The van der Waals surface area contributed by atoms with E-state index in [0.29, 0.717) is 4.05 Å². The molecule has 1 spiro atoms. The van der Waals surface area contributed by atoms with Gasteiger partial charge in [0.1, 0.15) is 0 Å². The van der Waals surface area contributed by atoms with Crippen LogP contribution in [0.3, 0.4) is 0 Å². The summed E-state index contributed by atoms with van der Waals surface area (Å²) in [6, 6.07) is 21.1. The predicted octanol–water partition coefficient (Wildman–Crippen LogP) is 6.75. The topological polar surface area (TPSA) is 18.5 Å². The Kier molecular flexibility index (Phi) is 0.564. The van der Waals surface area contributed by atoms with E-state index in [9.17, 15) is 0 Å². The predicted molar refractivity (Wildman–Crippen MR) is 97.5 cm³/mol. The third kappa shape index (κ3) is 0.190. The Hall–Kier alpha value is -1.01. The second-order valence-corrected chi connectivity index (χ2v) is 38.3. The molecule has 12 rings (SSSR count). The van der Waals surface area contributed by atoms with Gasteiger partial charge >= 0.3 is 143 Å². The first-order valence-corrected chi connectivity index (χ1v) is 17.5. The van der Waals surface area contributed by atoms with Crippen LogP contribution in [0.1, 0.15) is 0 Å². The van der Waals surface area contributed by atoms with E-state index in [1.807, 2.05) is 0 Å². The van der Waals surface area contributed by atoms with Crippen LogP contribution in [0, 0.1) is 0 Å². The summed E-state index contributed by atoms with van der Waals surface area (Å²) in [4.78, 5) is 11.6. The maximum atomic E-state index is 6.82. The number of fused-ring (bicyclic) bond motifs is 10. The van der Waals surface area contributed by atoms with Gasteiger partial charge in [-0.15, -0.1) is 0 Å². The number of benzene rings is 2. The second kappa shape index (κ2) is 1.32. The van der Waals surface area contributed by atoms with Crippen molar-refractivity contribution in [1.82, 2.24) is 0 Å². The summed E-state index contributed by atoms with van der Waals surface area (Å²) in [6.45, 7) is -3.24. The van der Waals surface area contributed by atoms with Crippen molar-refractivity contribution >= 4 is 8.38 Å². The van der Waals surface area contributed by atoms with Crippen LogP contribution in [-0.4, -0.2) is 4.05 Å². The zero-order chi connectivity index (χ0) is 16.2. The van der Waals surface area contributed by atoms with E-state index in [2.05, 4.69) is 60.7 Å². The van der Waals surface area contributed by atoms with Crippen molar-refractivity contribution < 1.29 is 15.6 Å². The van der Waals surface area contributed by atoms with E-state index in [0.717, 1.165) is 11.5 Å². The molecule has 2 aromatic rings. The van der Waals surface area contributed by atoms with Crippen molar-refractivity contribution in [3.63, 3.8) is 0 Å². The molecule has 10 heterocycles. The van der Waals surface area contributed by atoms with E-state index < -0.39 is 14.9 Å². The number of hydrogen-bond donors (Lipinski definition) is 0. The molecule has 0 aromatic heterocycles. The van der Waals surface area contributed by atoms with E-state index >= 15 is 0 Å². The fraction of sp³-hybridized carbons (Fsp3) is 0.455. The molecular formula is C22H19FeO2P. The molecule has 2 nitrogen and oxygen atoms in total. The van der Waals surface area contributed by atoms with Gasteiger partial charge in [0.15, 0.2) is 0 Å². The van der Waals surface area contributed by atoms with Gasteiger partial charge < -0.3 is 0 Å². The molecule has 10 saturated heterocycles. The summed E-state index contributed by atoms with van der Waals surface area (Å²) < 4.78 is 14.3. The van der Waals surface area contributed by atoms with Gasteiger partial charge in [-0.2, -0.15) is 0 Å². The van der Waals surface area contributed by atoms with Crippen LogP contribution in [0.2, 0.25) is 43.3 Å². The third-order valence-electron chi connectivity index (χ3n) is 16.7. The van der Waals surface area contributed by atoms with Gasteiger partial charge in [0.25, 0.3) is 0 Å². The van der Waals surface area contributed by atoms with Crippen LogP contribution in [0.25, 0.3) is 0 Å². The molecule has 10 fully saturated rings. The van der Waals surface area contributed by atoms with Crippen LogP contribution >= 0.6 is 8.38 Å². The monoisotopic (exact) mass is 402 g/mol. The van der Waals surface area contributed by atoms with Crippen molar-refractivity contribution in [2.75, 3.05) is 0 Å². The van der Waals surface area contributed by atoms with Crippen molar-refractivity contribution in [1.29, 1.82) is 0 Å². The average Bonchev–Trinajstić information content (AvgIpc) is 3.62. The van der Waals surface area contributed by atoms with Crippen LogP contribution < -0.4 is 9.05 Å². The van der Waals surface area contributed by atoms with E-state index in [4.69, 9.17) is 9.05 Å². The molecule has 0 aliphatic carbocycles. The van der Waals surface area contributed by atoms with E-state index in [1.165, 1.54) is 43.3 Å². The maximum absolute atomic E-state index is 6.82. The minimum atomic E-state index is -3.24. The molecule has 0 bridgehead atoms. The molecule has 10 aliphatic rings. The molecule has 4 unspecified atom stereocenters. The Balaban J connectivity index is 1.14. The standard InChI is InChI=1S/C17H14O2P.C5H5.Fe/c1-3-9-15(10-4-1)18-20(17-13-7-8-14-17)19-16-11-5-2-6-12-16;1-2-4-5-3-1;/h1-14H;1-5H;. The molecular weight excluding hydrogens is 383 g/mol. The second-order valence-electron chi connectivity index (χ2n) is 12.7. The molecule has 26 heavy (non-hydrogen) atoms. The van der Waals surface area contributed by atoms with Crippen LogP contribution in [-0.2, 0) is 6.51 Å². The summed E-state index contributed by atoms with van der Waals surface area (Å²) in [5, 5.41) is 0. The number of rotatable bonds is 5. The van der Waals surface area contributed by atoms with Gasteiger partial charge in [0.05, 0.1) is 0 Å². The molecule has 0 saturated carbocycles. The first kappa shape index (κ1) is 11.1. The Morgan fingerprint density at radius 1 is 0.615 bits per heavy atom. The quantitative estimate of drug-likeness (QED) is 0.407. The SMILES string of the molecule is c1ccc(OP(Oc2ccccc2)[C]23[CH]4[CH]5[CH]6[CH]2[Fe]56432789[CH]3[CH]2[CH]7[CH]8[CH]39)cc1. The molecule has 2 aromatic carbocycles. The number of para-hydroxylation sites is 2. The van der Waals surface area contributed by atoms with Crippen LogP contribution in [0.5, 0.6) is 11.5 Å². The van der Waals surface area contributed by atoms with Gasteiger partial charge in [-0.25, -0.2) is 0 Å². The molecule has 4 heteroatoms. The zero-order valence-electron chi connectivity index (χ0n) is 14.1. The van der Waals surface area contributed by atoms with Gasteiger partial charge in [0.2, 0.25) is 0 Å². The van der Waals surface area contributed by atoms with E-state index in [-0.39, 0.29) is 0 Å². The minimum absolute atomic E-state index is 0.639. The van der Waals surface area contributed by atoms with Crippen molar-refractivity contribution in [2.45, 2.75) is 47.4 Å². The summed E-state index contributed by atoms with van der Waals surface area (Å²) in [7, 11) is -0.831. The summed E-state index contributed by atoms with van der Waals surface area (Å²) in [5.41, 5.74) is 0. The normalized spacial score (nSPS) is 81.7. The van der Waals surface area contributed by atoms with Crippen molar-refractivity contribution in [2.24, 2.45) is 0 Å². The third-order valence-corrected chi connectivity index (χ3v) is 65.0. The Labute approximate surface area is 143 Å². The Bertz CT molecular complexity index is 1350.